The Kier molecular flexibility index (Phi) is 7.71. The molecule has 0 unspecified atom stereocenters. The van der Waals surface area contributed by atoms with Crippen molar-refractivity contribution in [2.45, 2.75) is 38.0 Å². The number of rotatable bonds is 8. The number of carbonyl (C=O) groups is 1. The van der Waals surface area contributed by atoms with Crippen LogP contribution in [0.4, 0.5) is 13.2 Å². The maximum absolute atomic E-state index is 12.0. The number of piperidine rings is 1. The van der Waals surface area contributed by atoms with Gasteiger partial charge in [0, 0.05) is 37.7 Å². The maximum atomic E-state index is 12.0. The number of likely N-dealkylation sites (tertiary alicyclic amines) is 1. The molecule has 1 amide bonds. The lowest BCUT2D eigenvalue weighted by Gasteiger charge is -2.32. The van der Waals surface area contributed by atoms with Crippen molar-refractivity contribution in [3.05, 3.63) is 29.8 Å². The monoisotopic (exact) mass is 374 g/mol. The molecule has 26 heavy (non-hydrogen) atoms. The summed E-state index contributed by atoms with van der Waals surface area (Å²) in [4.78, 5) is 14.1. The molecular formula is C18H25F3N2O3. The fourth-order valence-corrected chi connectivity index (χ4v) is 2.96. The number of alkyl halides is 3. The van der Waals surface area contributed by atoms with Crippen LogP contribution in [0, 0.1) is 0 Å². The molecule has 1 aliphatic rings. The molecule has 1 saturated heterocycles. The number of halogens is 3. The molecule has 5 nitrogen and oxygen atoms in total. The average molecular weight is 374 g/mol. The van der Waals surface area contributed by atoms with Gasteiger partial charge >= 0.3 is 6.18 Å². The van der Waals surface area contributed by atoms with Gasteiger partial charge in [0.15, 0.2) is 0 Å². The van der Waals surface area contributed by atoms with Crippen LogP contribution < -0.4 is 10.1 Å². The summed E-state index contributed by atoms with van der Waals surface area (Å²) in [7, 11) is 1.65. The van der Waals surface area contributed by atoms with E-state index < -0.39 is 12.8 Å². The zero-order valence-corrected chi connectivity index (χ0v) is 14.8. The quantitative estimate of drug-likeness (QED) is 0.711. The van der Waals surface area contributed by atoms with Crippen LogP contribution in [0.2, 0.25) is 0 Å². The summed E-state index contributed by atoms with van der Waals surface area (Å²) in [5, 5.41) is 2.87. The van der Waals surface area contributed by atoms with Crippen molar-refractivity contribution in [2.24, 2.45) is 0 Å². The van der Waals surface area contributed by atoms with Crippen molar-refractivity contribution in [2.75, 3.05) is 33.4 Å². The summed E-state index contributed by atoms with van der Waals surface area (Å²) in [6.07, 6.45) is -2.79. The van der Waals surface area contributed by atoms with Crippen LogP contribution in [0.5, 0.6) is 5.75 Å². The van der Waals surface area contributed by atoms with Gasteiger partial charge in [-0.1, -0.05) is 18.2 Å². The molecule has 1 heterocycles. The molecule has 0 spiro atoms. The van der Waals surface area contributed by atoms with Crippen LogP contribution >= 0.6 is 0 Å². The third-order valence-corrected chi connectivity index (χ3v) is 4.28. The van der Waals surface area contributed by atoms with Gasteiger partial charge in [-0.05, 0) is 18.9 Å². The first-order valence-electron chi connectivity index (χ1n) is 8.65. The number of para-hydroxylation sites is 1. The lowest BCUT2D eigenvalue weighted by molar-refractivity contribution is -0.174. The third-order valence-electron chi connectivity index (χ3n) is 4.28. The number of ether oxygens (including phenoxy) is 2. The van der Waals surface area contributed by atoms with Gasteiger partial charge in [-0.25, -0.2) is 0 Å². The molecule has 146 valence electrons. The van der Waals surface area contributed by atoms with Crippen LogP contribution in [0.15, 0.2) is 24.3 Å². The number of hydrogen-bond donors (Lipinski definition) is 1. The van der Waals surface area contributed by atoms with Gasteiger partial charge in [0.2, 0.25) is 5.91 Å². The van der Waals surface area contributed by atoms with E-state index in [0.29, 0.717) is 0 Å². The predicted molar refractivity (Wildman–Crippen MR) is 90.9 cm³/mol. The number of benzene rings is 1. The van der Waals surface area contributed by atoms with Crippen molar-refractivity contribution >= 4 is 5.91 Å². The first kappa shape index (κ1) is 20.5. The standard InChI is InChI=1S/C18H25F3N2O3/c1-25-16-5-3-2-4-14(16)12-23-9-6-15(7-10-23)22-17(24)8-11-26-13-18(19,20)21/h2-5,15H,6-13H2,1H3,(H,22,24). The minimum atomic E-state index is -4.36. The van der Waals surface area contributed by atoms with E-state index in [1.165, 1.54) is 0 Å². The summed E-state index contributed by atoms with van der Waals surface area (Å²) in [6, 6.07) is 7.93. The molecule has 1 aromatic carbocycles. The number of nitrogens with zero attached hydrogens (tertiary/aromatic N) is 1. The van der Waals surface area contributed by atoms with Gasteiger partial charge in [0.25, 0.3) is 0 Å². The van der Waals surface area contributed by atoms with Gasteiger partial charge in [-0.3, -0.25) is 9.69 Å². The summed E-state index contributed by atoms with van der Waals surface area (Å²) in [6.45, 7) is 0.927. The van der Waals surface area contributed by atoms with E-state index in [2.05, 4.69) is 15.0 Å². The van der Waals surface area contributed by atoms with E-state index in [0.717, 1.165) is 43.8 Å². The summed E-state index contributed by atoms with van der Waals surface area (Å²) in [5.74, 6) is 0.595. The second-order valence-electron chi connectivity index (χ2n) is 6.35. The minimum Gasteiger partial charge on any atom is -0.496 e. The Labute approximate surface area is 151 Å². The third kappa shape index (κ3) is 7.21. The lowest BCUT2D eigenvalue weighted by Crippen LogP contribution is -2.44. The topological polar surface area (TPSA) is 50.8 Å². The van der Waals surface area contributed by atoms with Crippen molar-refractivity contribution in [3.63, 3.8) is 0 Å². The summed E-state index contributed by atoms with van der Waals surface area (Å²) < 4.78 is 45.7. The number of amides is 1. The molecule has 2 rings (SSSR count). The fourth-order valence-electron chi connectivity index (χ4n) is 2.96. The van der Waals surface area contributed by atoms with Gasteiger partial charge in [-0.2, -0.15) is 13.2 Å². The van der Waals surface area contributed by atoms with Crippen LogP contribution in [0.3, 0.4) is 0 Å². The number of methoxy groups -OCH3 is 1. The molecule has 1 aromatic rings. The Morgan fingerprint density at radius 1 is 1.27 bits per heavy atom. The van der Waals surface area contributed by atoms with Crippen molar-refractivity contribution in [1.29, 1.82) is 0 Å². The second-order valence-corrected chi connectivity index (χ2v) is 6.35. The minimum absolute atomic E-state index is 0.0547. The van der Waals surface area contributed by atoms with Gasteiger partial charge in [0.05, 0.1) is 13.7 Å². The largest absolute Gasteiger partial charge is 0.496 e. The second kappa shape index (κ2) is 9.78. The van der Waals surface area contributed by atoms with Crippen molar-refractivity contribution in [1.82, 2.24) is 10.2 Å². The van der Waals surface area contributed by atoms with Crippen molar-refractivity contribution in [3.8, 4) is 5.75 Å². The number of carbonyl (C=O) groups excluding carboxylic acids is 1. The number of nitrogens with one attached hydrogen (secondary N) is 1. The highest BCUT2D eigenvalue weighted by Crippen LogP contribution is 2.21. The van der Waals surface area contributed by atoms with E-state index in [1.807, 2.05) is 24.3 Å². The summed E-state index contributed by atoms with van der Waals surface area (Å²) in [5.41, 5.74) is 1.12. The Morgan fingerprint density at radius 2 is 1.96 bits per heavy atom. The van der Waals surface area contributed by atoms with Crippen LogP contribution in [0.1, 0.15) is 24.8 Å². The molecule has 8 heteroatoms. The summed E-state index contributed by atoms with van der Waals surface area (Å²) >= 11 is 0. The van der Waals surface area contributed by atoms with E-state index in [1.54, 1.807) is 7.11 Å². The Bertz CT molecular complexity index is 573. The molecular weight excluding hydrogens is 349 g/mol. The van der Waals surface area contributed by atoms with E-state index >= 15 is 0 Å². The SMILES string of the molecule is COc1ccccc1CN1CCC(NC(=O)CCOCC(F)(F)F)CC1. The van der Waals surface area contributed by atoms with Gasteiger partial charge in [0.1, 0.15) is 12.4 Å². The molecule has 0 aromatic heterocycles. The van der Waals surface area contributed by atoms with Crippen LogP contribution in [0.25, 0.3) is 0 Å². The molecule has 0 aliphatic carbocycles. The zero-order chi connectivity index (χ0) is 19.0. The van der Waals surface area contributed by atoms with E-state index in [9.17, 15) is 18.0 Å². The zero-order valence-electron chi connectivity index (χ0n) is 14.8. The van der Waals surface area contributed by atoms with Gasteiger partial charge < -0.3 is 14.8 Å². The molecule has 0 atom stereocenters. The van der Waals surface area contributed by atoms with Crippen molar-refractivity contribution < 1.29 is 27.4 Å². The Morgan fingerprint density at radius 3 is 2.62 bits per heavy atom. The van der Waals surface area contributed by atoms with Crippen LogP contribution in [-0.4, -0.2) is 56.4 Å². The molecule has 0 saturated carbocycles. The molecule has 1 N–H and O–H groups in total. The Hall–Kier alpha value is -1.80. The highest BCUT2D eigenvalue weighted by molar-refractivity contribution is 5.76. The average Bonchev–Trinajstić information content (AvgIpc) is 2.60. The molecule has 1 fully saturated rings. The van der Waals surface area contributed by atoms with E-state index in [-0.39, 0.29) is 25.0 Å². The Balaban J connectivity index is 1.66. The predicted octanol–water partition coefficient (Wildman–Crippen LogP) is 2.74. The number of hydrogen-bond acceptors (Lipinski definition) is 4. The van der Waals surface area contributed by atoms with Gasteiger partial charge in [-0.15, -0.1) is 0 Å². The normalized spacial score (nSPS) is 16.5. The highest BCUT2D eigenvalue weighted by atomic mass is 19.4. The molecule has 1 aliphatic heterocycles. The first-order chi connectivity index (χ1) is 12.4. The lowest BCUT2D eigenvalue weighted by atomic mass is 10.0. The molecule has 0 bridgehead atoms. The molecule has 0 radical (unpaired) electrons. The maximum Gasteiger partial charge on any atom is 0.411 e. The highest BCUT2D eigenvalue weighted by Gasteiger charge is 2.27. The smallest absolute Gasteiger partial charge is 0.411 e. The first-order valence-corrected chi connectivity index (χ1v) is 8.65. The fraction of sp³-hybridized carbons (Fsp3) is 0.611. The van der Waals surface area contributed by atoms with Crippen LogP contribution in [-0.2, 0) is 16.1 Å². The van der Waals surface area contributed by atoms with E-state index in [4.69, 9.17) is 4.74 Å².